The van der Waals surface area contributed by atoms with Gasteiger partial charge in [0.1, 0.15) is 17.6 Å². The highest BCUT2D eigenvalue weighted by Crippen LogP contribution is 2.45. The standard InChI is InChI=1S/C31H41N3O9/c1-16-12-19-25(34-10-7-11-34)22(35)15-21(26(19)36)33-29(37)17(2)8-6-9-23(40-4)28(43-31(32)39)20-14-18(3)27(42-30(20)38)24(13-16)41-5/h6,8-9,12,14-15,18,23-24,27-28,30,35-36,38H,7,10-11,13H2,1-5H3,(H2,32,39)(H,33,37). The third kappa shape index (κ3) is 7.04. The zero-order chi connectivity index (χ0) is 31.4. The summed E-state index contributed by atoms with van der Waals surface area (Å²) < 4.78 is 22.8. The van der Waals surface area contributed by atoms with Gasteiger partial charge in [-0.2, -0.15) is 0 Å². The summed E-state index contributed by atoms with van der Waals surface area (Å²) in [6.07, 6.45) is 3.78. The van der Waals surface area contributed by atoms with Gasteiger partial charge in [-0.25, -0.2) is 4.79 Å². The van der Waals surface area contributed by atoms with E-state index < -0.39 is 42.7 Å². The van der Waals surface area contributed by atoms with Crippen molar-refractivity contribution in [2.75, 3.05) is 37.5 Å². The minimum Gasteiger partial charge on any atom is -0.506 e. The lowest BCUT2D eigenvalue weighted by Crippen LogP contribution is -2.47. The predicted molar refractivity (Wildman–Crippen MR) is 161 cm³/mol. The lowest BCUT2D eigenvalue weighted by molar-refractivity contribution is -0.179. The number of fused-ring (bicyclic) bond motifs is 9. The fraction of sp³-hybridized carbons (Fsp3) is 0.484. The van der Waals surface area contributed by atoms with Gasteiger partial charge < -0.3 is 50.2 Å². The number of carbonyl (C=O) groups excluding carboxylic acids is 2. The average Bonchev–Trinajstić information content (AvgIpc) is 2.92. The molecule has 1 fully saturated rings. The van der Waals surface area contributed by atoms with E-state index in [1.54, 1.807) is 38.3 Å². The van der Waals surface area contributed by atoms with Crippen LogP contribution in [-0.4, -0.2) is 85.3 Å². The van der Waals surface area contributed by atoms with Crippen molar-refractivity contribution in [2.24, 2.45) is 11.7 Å². The number of benzene rings is 1. The Morgan fingerprint density at radius 1 is 1.19 bits per heavy atom. The van der Waals surface area contributed by atoms with Gasteiger partial charge in [-0.05, 0) is 32.8 Å². The molecule has 12 heteroatoms. The van der Waals surface area contributed by atoms with Gasteiger partial charge in [0.25, 0.3) is 5.91 Å². The highest BCUT2D eigenvalue weighted by atomic mass is 16.6. The molecule has 0 saturated carbocycles. The molecule has 0 aliphatic carbocycles. The number of hydrogen-bond donors (Lipinski definition) is 5. The van der Waals surface area contributed by atoms with E-state index in [1.807, 2.05) is 18.7 Å². The van der Waals surface area contributed by atoms with Gasteiger partial charge in [-0.15, -0.1) is 0 Å². The summed E-state index contributed by atoms with van der Waals surface area (Å²) in [7, 11) is 2.95. The van der Waals surface area contributed by atoms with E-state index in [0.717, 1.165) is 25.1 Å². The van der Waals surface area contributed by atoms with Crippen LogP contribution in [0.4, 0.5) is 16.2 Å². The van der Waals surface area contributed by atoms with Crippen molar-refractivity contribution in [3.05, 3.63) is 52.7 Å². The number of nitrogens with zero attached hydrogens (tertiary/aromatic N) is 1. The second-order valence-corrected chi connectivity index (χ2v) is 11.1. The number of hydrogen-bond acceptors (Lipinski definition) is 10. The van der Waals surface area contributed by atoms with E-state index in [2.05, 4.69) is 5.32 Å². The highest BCUT2D eigenvalue weighted by molar-refractivity contribution is 6.05. The molecule has 4 bridgehead atoms. The number of phenols is 2. The summed E-state index contributed by atoms with van der Waals surface area (Å²) >= 11 is 0. The quantitative estimate of drug-likeness (QED) is 0.196. The molecule has 6 unspecified atom stereocenters. The Hall–Kier alpha value is -3.84. The minimum absolute atomic E-state index is 0.0539. The van der Waals surface area contributed by atoms with Gasteiger partial charge in [0.05, 0.1) is 23.6 Å². The smallest absolute Gasteiger partial charge is 0.405 e. The summed E-state index contributed by atoms with van der Waals surface area (Å²) in [6.45, 7) is 6.76. The largest absolute Gasteiger partial charge is 0.506 e. The van der Waals surface area contributed by atoms with Crippen molar-refractivity contribution in [1.29, 1.82) is 0 Å². The van der Waals surface area contributed by atoms with Gasteiger partial charge in [-0.3, -0.25) is 4.79 Å². The monoisotopic (exact) mass is 599 g/mol. The first-order chi connectivity index (χ1) is 20.4. The van der Waals surface area contributed by atoms with E-state index in [0.29, 0.717) is 17.7 Å². The molecule has 4 aliphatic rings. The normalized spacial score (nSPS) is 28.4. The Morgan fingerprint density at radius 2 is 1.91 bits per heavy atom. The topological polar surface area (TPSA) is 173 Å². The lowest BCUT2D eigenvalue weighted by Gasteiger charge is -2.39. The SMILES string of the molecule is COC1C=CC=C(C)C(=O)Nc2cc(O)c(N3CCC3)c(c2O)C=C(C)CC(OC)C2OC(O)C(=CC2C)C1OC(N)=O. The molecular formula is C31H41N3O9. The van der Waals surface area contributed by atoms with E-state index in [4.69, 9.17) is 24.7 Å². The van der Waals surface area contributed by atoms with Crippen LogP contribution in [0.5, 0.6) is 11.5 Å². The first-order valence-corrected chi connectivity index (χ1v) is 14.2. The van der Waals surface area contributed by atoms with Crippen LogP contribution < -0.4 is 16.0 Å². The molecule has 0 spiro atoms. The molecule has 6 N–H and O–H groups in total. The number of aliphatic hydroxyl groups is 1. The predicted octanol–water partition coefficient (Wildman–Crippen LogP) is 3.33. The van der Waals surface area contributed by atoms with Crippen LogP contribution in [0.2, 0.25) is 0 Å². The molecule has 1 saturated heterocycles. The highest BCUT2D eigenvalue weighted by Gasteiger charge is 2.40. The molecule has 2 amide bonds. The number of carbonyl (C=O) groups is 2. The number of rotatable bonds is 4. The summed E-state index contributed by atoms with van der Waals surface area (Å²) in [5.41, 5.74) is 7.59. The molecule has 6 atom stereocenters. The lowest BCUT2D eigenvalue weighted by atomic mass is 9.88. The van der Waals surface area contributed by atoms with Crippen LogP contribution in [0.25, 0.3) is 6.08 Å². The van der Waals surface area contributed by atoms with Crippen molar-refractivity contribution >= 4 is 29.5 Å². The number of allylic oxidation sites excluding steroid dienone is 2. The van der Waals surface area contributed by atoms with Gasteiger partial charge in [0, 0.05) is 56.0 Å². The molecule has 5 rings (SSSR count). The molecule has 4 heterocycles. The number of phenolic OH excluding ortho intramolecular Hbond substituents is 2. The number of amides is 2. The van der Waals surface area contributed by atoms with Gasteiger partial charge in [0.15, 0.2) is 12.4 Å². The Balaban J connectivity index is 1.85. The Labute approximate surface area is 251 Å². The number of nitrogens with one attached hydrogen (secondary N) is 1. The maximum atomic E-state index is 13.1. The number of methoxy groups -OCH3 is 2. The average molecular weight is 600 g/mol. The Bertz CT molecular complexity index is 1350. The van der Waals surface area contributed by atoms with Crippen LogP contribution >= 0.6 is 0 Å². The van der Waals surface area contributed by atoms with Crippen molar-refractivity contribution in [1.82, 2.24) is 0 Å². The van der Waals surface area contributed by atoms with Crippen molar-refractivity contribution in [2.45, 2.75) is 64.3 Å². The zero-order valence-corrected chi connectivity index (χ0v) is 25.1. The summed E-state index contributed by atoms with van der Waals surface area (Å²) in [4.78, 5) is 26.9. The van der Waals surface area contributed by atoms with Crippen LogP contribution in [0.3, 0.4) is 0 Å². The fourth-order valence-electron chi connectivity index (χ4n) is 5.58. The molecule has 1 aromatic carbocycles. The zero-order valence-electron chi connectivity index (χ0n) is 25.1. The number of aromatic hydroxyl groups is 2. The van der Waals surface area contributed by atoms with Crippen molar-refractivity contribution < 1.29 is 43.9 Å². The first kappa shape index (κ1) is 32.1. The number of ether oxygens (including phenoxy) is 4. The molecule has 1 aromatic rings. The Morgan fingerprint density at radius 3 is 2.51 bits per heavy atom. The molecule has 12 nitrogen and oxygen atoms in total. The van der Waals surface area contributed by atoms with E-state index >= 15 is 0 Å². The third-order valence-corrected chi connectivity index (χ3v) is 7.98. The van der Waals surface area contributed by atoms with Crippen LogP contribution in [0.1, 0.15) is 39.2 Å². The van der Waals surface area contributed by atoms with Gasteiger partial charge in [-0.1, -0.05) is 36.8 Å². The first-order valence-electron chi connectivity index (χ1n) is 14.2. The number of anilines is 2. The van der Waals surface area contributed by atoms with Gasteiger partial charge >= 0.3 is 6.09 Å². The van der Waals surface area contributed by atoms with Crippen LogP contribution in [-0.2, 0) is 23.7 Å². The molecule has 0 radical (unpaired) electrons. The number of nitrogens with two attached hydrogens (primary N) is 1. The third-order valence-electron chi connectivity index (χ3n) is 7.98. The molecular weight excluding hydrogens is 558 g/mol. The van der Waals surface area contributed by atoms with Crippen LogP contribution in [0, 0.1) is 5.92 Å². The van der Waals surface area contributed by atoms with Crippen LogP contribution in [0.15, 0.2) is 47.1 Å². The van der Waals surface area contributed by atoms with E-state index in [9.17, 15) is 24.9 Å². The molecule has 0 aromatic heterocycles. The molecule has 43 heavy (non-hydrogen) atoms. The second kappa shape index (κ2) is 13.6. The number of aliphatic hydroxyl groups excluding tert-OH is 1. The number of primary amides is 1. The van der Waals surface area contributed by atoms with E-state index in [1.165, 1.54) is 19.3 Å². The fourth-order valence-corrected chi connectivity index (χ4v) is 5.58. The summed E-state index contributed by atoms with van der Waals surface area (Å²) in [5.74, 6) is -1.06. The minimum atomic E-state index is -1.46. The van der Waals surface area contributed by atoms with Crippen molar-refractivity contribution in [3.63, 3.8) is 0 Å². The molecule has 4 aliphatic heterocycles. The maximum Gasteiger partial charge on any atom is 0.405 e. The maximum absolute atomic E-state index is 13.1. The Kier molecular flexibility index (Phi) is 10.2. The van der Waals surface area contributed by atoms with E-state index in [-0.39, 0.29) is 34.3 Å². The van der Waals surface area contributed by atoms with Crippen molar-refractivity contribution in [3.8, 4) is 11.5 Å². The second-order valence-electron chi connectivity index (χ2n) is 11.1. The summed E-state index contributed by atoms with van der Waals surface area (Å²) in [5, 5.41) is 36.1. The summed E-state index contributed by atoms with van der Waals surface area (Å²) in [6, 6.07) is 1.34. The molecule has 234 valence electrons. The van der Waals surface area contributed by atoms with Gasteiger partial charge in [0.2, 0.25) is 0 Å².